The SMILES string of the molecule is CC1=NC(C)=C(C(=O)OCCOc2ccc(C(=O)c3ccccc3)c(O)c2)CC1C(=O)OCCOc1ccc(C(=O)c2ccccc2)c(O)c1. The number of ether oxygens (including phenoxy) is 4. The summed E-state index contributed by atoms with van der Waals surface area (Å²) in [6.07, 6.45) is 0.0378. The fraction of sp³-hybridized carbons (Fsp3) is 0.205. The average Bonchev–Trinajstić information content (AvgIpc) is 3.12. The highest BCUT2D eigenvalue weighted by Gasteiger charge is 2.32. The largest absolute Gasteiger partial charge is 0.507 e. The van der Waals surface area contributed by atoms with Gasteiger partial charge < -0.3 is 29.2 Å². The van der Waals surface area contributed by atoms with Crippen molar-refractivity contribution in [2.75, 3.05) is 26.4 Å². The lowest BCUT2D eigenvalue weighted by Crippen LogP contribution is -2.30. The zero-order chi connectivity index (χ0) is 35.6. The highest BCUT2D eigenvalue weighted by Crippen LogP contribution is 2.29. The minimum Gasteiger partial charge on any atom is -0.507 e. The molecule has 0 aliphatic carbocycles. The molecule has 0 saturated carbocycles. The van der Waals surface area contributed by atoms with Crippen LogP contribution in [0.4, 0.5) is 0 Å². The third-order valence-corrected chi connectivity index (χ3v) is 7.91. The average molecular weight is 678 g/mol. The van der Waals surface area contributed by atoms with Crippen LogP contribution in [0.1, 0.15) is 52.1 Å². The van der Waals surface area contributed by atoms with Gasteiger partial charge in [0.15, 0.2) is 11.6 Å². The van der Waals surface area contributed by atoms with E-state index in [-0.39, 0.29) is 84.1 Å². The minimum atomic E-state index is -0.801. The second kappa shape index (κ2) is 16.2. The zero-order valence-corrected chi connectivity index (χ0v) is 27.5. The molecular formula is C39H35NO10. The first-order valence-electron chi connectivity index (χ1n) is 15.8. The number of hydrogen-bond donors (Lipinski definition) is 2. The van der Waals surface area contributed by atoms with E-state index in [1.165, 1.54) is 24.3 Å². The Bertz CT molecular complexity index is 1950. The van der Waals surface area contributed by atoms with Crippen LogP contribution in [0.3, 0.4) is 0 Å². The van der Waals surface area contributed by atoms with Crippen LogP contribution in [0.25, 0.3) is 0 Å². The van der Waals surface area contributed by atoms with Gasteiger partial charge in [0.1, 0.15) is 49.4 Å². The number of nitrogens with zero attached hydrogens (tertiary/aromatic N) is 1. The van der Waals surface area contributed by atoms with Crippen LogP contribution in [-0.4, -0.2) is 65.9 Å². The van der Waals surface area contributed by atoms with Crippen LogP contribution < -0.4 is 9.47 Å². The number of rotatable bonds is 14. The lowest BCUT2D eigenvalue weighted by atomic mass is 9.91. The number of esters is 2. The fourth-order valence-corrected chi connectivity index (χ4v) is 5.25. The standard InChI is InChI=1S/C39H35NO10/c1-24-32(38(45)49-19-17-47-28-13-15-30(34(41)21-28)36(43)26-9-5-3-6-10-26)23-33(25(2)40-24)39(46)50-20-18-48-29-14-16-31(35(42)22-29)37(44)27-11-7-4-8-12-27/h3-16,21-22,32,41-42H,17-20,23H2,1-2H3. The van der Waals surface area contributed by atoms with Crippen LogP contribution in [0.5, 0.6) is 23.0 Å². The van der Waals surface area contributed by atoms with Crippen LogP contribution in [0.15, 0.2) is 113 Å². The monoisotopic (exact) mass is 677 g/mol. The second-order valence-corrected chi connectivity index (χ2v) is 11.3. The molecule has 50 heavy (non-hydrogen) atoms. The maximum Gasteiger partial charge on any atom is 0.336 e. The first kappa shape index (κ1) is 35.1. The van der Waals surface area contributed by atoms with Crippen molar-refractivity contribution in [1.29, 1.82) is 0 Å². The first-order valence-corrected chi connectivity index (χ1v) is 15.8. The fourth-order valence-electron chi connectivity index (χ4n) is 5.25. The highest BCUT2D eigenvalue weighted by molar-refractivity contribution is 6.11. The van der Waals surface area contributed by atoms with Gasteiger partial charge >= 0.3 is 11.9 Å². The Morgan fingerprint density at radius 3 is 1.62 bits per heavy atom. The topological polar surface area (TPSA) is 158 Å². The summed E-state index contributed by atoms with van der Waals surface area (Å²) in [4.78, 5) is 55.5. The summed E-state index contributed by atoms with van der Waals surface area (Å²) in [5.74, 6) is -2.58. The third kappa shape index (κ3) is 8.62. The number of hydrogen-bond acceptors (Lipinski definition) is 11. The predicted octanol–water partition coefficient (Wildman–Crippen LogP) is 5.86. The quantitative estimate of drug-likeness (QED) is 0.0941. The molecule has 0 saturated heterocycles. The summed E-state index contributed by atoms with van der Waals surface area (Å²) >= 11 is 0. The molecule has 1 atom stereocenters. The number of phenolic OH excluding ortho intramolecular Hbond substituents is 2. The number of aromatic hydroxyl groups is 2. The van der Waals surface area contributed by atoms with Crippen molar-refractivity contribution in [3.05, 3.63) is 131 Å². The number of carbonyl (C=O) groups is 4. The molecule has 1 aliphatic heterocycles. The molecule has 11 heteroatoms. The van der Waals surface area contributed by atoms with Gasteiger partial charge in [-0.25, -0.2) is 4.79 Å². The van der Waals surface area contributed by atoms with Crippen molar-refractivity contribution in [3.63, 3.8) is 0 Å². The Morgan fingerprint density at radius 1 is 0.660 bits per heavy atom. The van der Waals surface area contributed by atoms with Gasteiger partial charge in [0.05, 0.1) is 22.6 Å². The van der Waals surface area contributed by atoms with E-state index >= 15 is 0 Å². The van der Waals surface area contributed by atoms with E-state index in [0.717, 1.165) is 0 Å². The van der Waals surface area contributed by atoms with Crippen molar-refractivity contribution in [2.45, 2.75) is 20.3 Å². The number of benzene rings is 4. The summed E-state index contributed by atoms with van der Waals surface area (Å²) in [5.41, 5.74) is 2.31. The Morgan fingerprint density at radius 2 is 1.14 bits per heavy atom. The third-order valence-electron chi connectivity index (χ3n) is 7.91. The van der Waals surface area contributed by atoms with E-state index < -0.39 is 17.9 Å². The van der Waals surface area contributed by atoms with Gasteiger partial charge in [-0.15, -0.1) is 0 Å². The van der Waals surface area contributed by atoms with Crippen molar-refractivity contribution >= 4 is 29.2 Å². The van der Waals surface area contributed by atoms with Crippen LogP contribution in [0.2, 0.25) is 0 Å². The van der Waals surface area contributed by atoms with Gasteiger partial charge in [0.2, 0.25) is 0 Å². The minimum absolute atomic E-state index is 0.0202. The number of carbonyl (C=O) groups excluding carboxylic acids is 4. The van der Waals surface area contributed by atoms with Gasteiger partial charge in [0, 0.05) is 34.7 Å². The summed E-state index contributed by atoms with van der Waals surface area (Å²) in [6, 6.07) is 25.8. The molecule has 0 aromatic heterocycles. The lowest BCUT2D eigenvalue weighted by Gasteiger charge is -2.22. The summed E-state index contributed by atoms with van der Waals surface area (Å²) in [7, 11) is 0. The molecule has 4 aromatic carbocycles. The molecule has 256 valence electrons. The Labute approximate surface area is 288 Å². The summed E-state index contributed by atoms with van der Waals surface area (Å²) in [6.45, 7) is 3.06. The predicted molar refractivity (Wildman–Crippen MR) is 183 cm³/mol. The smallest absolute Gasteiger partial charge is 0.336 e. The zero-order valence-electron chi connectivity index (χ0n) is 27.5. The van der Waals surface area contributed by atoms with Crippen LogP contribution in [-0.2, 0) is 19.1 Å². The van der Waals surface area contributed by atoms with Crippen LogP contribution >= 0.6 is 0 Å². The van der Waals surface area contributed by atoms with E-state index in [0.29, 0.717) is 22.5 Å². The van der Waals surface area contributed by atoms with Gasteiger partial charge in [-0.3, -0.25) is 19.4 Å². The van der Waals surface area contributed by atoms with E-state index in [9.17, 15) is 29.4 Å². The normalized spacial score (nSPS) is 14.0. The number of ketones is 2. The number of aliphatic imine (C=N–C) groups is 1. The lowest BCUT2D eigenvalue weighted by molar-refractivity contribution is -0.147. The van der Waals surface area contributed by atoms with E-state index in [2.05, 4.69) is 4.99 Å². The van der Waals surface area contributed by atoms with Crippen molar-refractivity contribution in [2.24, 2.45) is 10.9 Å². The van der Waals surface area contributed by atoms with E-state index in [4.69, 9.17) is 18.9 Å². The maximum absolute atomic E-state index is 12.9. The van der Waals surface area contributed by atoms with Crippen molar-refractivity contribution in [3.8, 4) is 23.0 Å². The maximum atomic E-state index is 12.9. The Kier molecular flexibility index (Phi) is 11.4. The van der Waals surface area contributed by atoms with Gasteiger partial charge in [0.25, 0.3) is 0 Å². The molecule has 1 heterocycles. The van der Waals surface area contributed by atoms with Gasteiger partial charge in [-0.05, 0) is 44.5 Å². The molecule has 0 fully saturated rings. The molecule has 5 rings (SSSR count). The van der Waals surface area contributed by atoms with E-state index in [1.54, 1.807) is 86.6 Å². The second-order valence-electron chi connectivity index (χ2n) is 11.3. The Hall–Kier alpha value is -6.23. The molecule has 1 aliphatic rings. The number of allylic oxidation sites excluding steroid dienone is 1. The molecule has 0 bridgehead atoms. The molecular weight excluding hydrogens is 642 g/mol. The molecule has 0 radical (unpaired) electrons. The molecule has 2 N–H and O–H groups in total. The van der Waals surface area contributed by atoms with Crippen molar-refractivity contribution in [1.82, 2.24) is 0 Å². The molecule has 1 unspecified atom stereocenters. The summed E-state index contributed by atoms with van der Waals surface area (Å²) < 4.78 is 21.9. The van der Waals surface area contributed by atoms with E-state index in [1.807, 2.05) is 0 Å². The molecule has 0 amide bonds. The molecule has 0 spiro atoms. The number of phenols is 2. The summed E-state index contributed by atoms with van der Waals surface area (Å²) in [5, 5.41) is 20.8. The highest BCUT2D eigenvalue weighted by atomic mass is 16.6. The van der Waals surface area contributed by atoms with Gasteiger partial charge in [-0.2, -0.15) is 0 Å². The molecule has 11 nitrogen and oxygen atoms in total. The first-order chi connectivity index (χ1) is 24.1. The van der Waals surface area contributed by atoms with Crippen LogP contribution in [0, 0.1) is 5.92 Å². The molecule has 4 aromatic rings. The van der Waals surface area contributed by atoms with Gasteiger partial charge in [-0.1, -0.05) is 60.7 Å². The van der Waals surface area contributed by atoms with Crippen molar-refractivity contribution < 1.29 is 48.3 Å². The Balaban J connectivity index is 1.06.